The van der Waals surface area contributed by atoms with Gasteiger partial charge in [0.25, 0.3) is 0 Å². The number of nitrogens with zero attached hydrogens (tertiary/aromatic N) is 4. The Hall–Kier alpha value is -2.87. The monoisotopic (exact) mass is 370 g/mol. The number of nitrogen functional groups attached to an aromatic ring is 1. The maximum atomic E-state index is 11.6. The number of fused-ring (bicyclic) bond motifs is 3. The van der Waals surface area contributed by atoms with Crippen molar-refractivity contribution in [1.29, 1.82) is 0 Å². The molecule has 0 spiro atoms. The molecule has 2 heterocycles. The lowest BCUT2D eigenvalue weighted by Gasteiger charge is -2.23. The second-order valence-corrected chi connectivity index (χ2v) is 7.28. The molecule has 0 atom stereocenters. The minimum absolute atomic E-state index is 0.107. The number of primary amides is 1. The van der Waals surface area contributed by atoms with Crippen LogP contribution in [-0.4, -0.2) is 31.7 Å². The zero-order valence-corrected chi connectivity index (χ0v) is 16.1. The Morgan fingerprint density at radius 1 is 1.22 bits per heavy atom. The number of hydrogen-bond acceptors (Lipinski definition) is 5. The summed E-state index contributed by atoms with van der Waals surface area (Å²) in [6.07, 6.45) is 0. The number of aromatic nitrogens is 3. The lowest BCUT2D eigenvalue weighted by atomic mass is 10.1. The molecule has 0 aliphatic rings. The van der Waals surface area contributed by atoms with Crippen LogP contribution >= 0.6 is 0 Å². The summed E-state index contributed by atoms with van der Waals surface area (Å²) in [4.78, 5) is 26.4. The van der Waals surface area contributed by atoms with Crippen molar-refractivity contribution in [2.45, 2.75) is 46.9 Å². The Kier molecular flexibility index (Phi) is 5.18. The Balaban J connectivity index is 2.13. The van der Waals surface area contributed by atoms with Crippen molar-refractivity contribution in [3.05, 3.63) is 30.1 Å². The number of para-hydroxylation sites is 1. The van der Waals surface area contributed by atoms with Crippen LogP contribution in [0.1, 0.15) is 33.5 Å². The number of nitrogens with two attached hydrogens (primary N) is 2. The highest BCUT2D eigenvalue weighted by Gasteiger charge is 2.21. The number of amides is 2. The number of imidazole rings is 1. The number of urea groups is 1. The van der Waals surface area contributed by atoms with E-state index in [0.29, 0.717) is 23.1 Å². The zero-order chi connectivity index (χ0) is 19.7. The highest BCUT2D eigenvalue weighted by atomic mass is 16.7. The number of rotatable bonds is 6. The standard InChI is InChI=1S/C19H26N6O2/c1-11(2)9-24-15(10-27-25(12(3)4)19(21)26)23-16-17(24)13-7-5-6-8-14(13)22-18(16)20/h5-8,11-12H,9-10H2,1-4H3,(H2,20,22)(H2,21,26). The summed E-state index contributed by atoms with van der Waals surface area (Å²) in [5, 5.41) is 2.13. The van der Waals surface area contributed by atoms with E-state index in [1.54, 1.807) is 0 Å². The van der Waals surface area contributed by atoms with Gasteiger partial charge in [-0.25, -0.2) is 19.8 Å². The molecule has 3 rings (SSSR count). The van der Waals surface area contributed by atoms with Crippen LogP contribution < -0.4 is 11.5 Å². The van der Waals surface area contributed by atoms with Crippen LogP contribution in [-0.2, 0) is 18.0 Å². The van der Waals surface area contributed by atoms with E-state index in [1.807, 2.05) is 38.1 Å². The summed E-state index contributed by atoms with van der Waals surface area (Å²) in [7, 11) is 0. The highest BCUT2D eigenvalue weighted by Crippen LogP contribution is 2.29. The van der Waals surface area contributed by atoms with Crippen LogP contribution in [0.5, 0.6) is 0 Å². The number of carbonyl (C=O) groups is 1. The molecular formula is C19H26N6O2. The molecule has 0 aliphatic heterocycles. The first-order chi connectivity index (χ1) is 12.8. The van der Waals surface area contributed by atoms with Crippen LogP contribution in [0.4, 0.5) is 10.6 Å². The van der Waals surface area contributed by atoms with Gasteiger partial charge in [-0.1, -0.05) is 32.0 Å². The summed E-state index contributed by atoms with van der Waals surface area (Å²) in [6.45, 7) is 8.77. The van der Waals surface area contributed by atoms with Crippen molar-refractivity contribution in [1.82, 2.24) is 19.6 Å². The predicted octanol–water partition coefficient (Wildman–Crippen LogP) is 3.04. The smallest absolute Gasteiger partial charge is 0.338 e. The molecular weight excluding hydrogens is 344 g/mol. The van der Waals surface area contributed by atoms with Gasteiger partial charge in [0, 0.05) is 11.9 Å². The lowest BCUT2D eigenvalue weighted by Crippen LogP contribution is -2.40. The van der Waals surface area contributed by atoms with Crippen LogP contribution in [0.2, 0.25) is 0 Å². The van der Waals surface area contributed by atoms with Gasteiger partial charge in [0.15, 0.2) is 5.82 Å². The number of pyridine rings is 1. The fraction of sp³-hybridized carbons (Fsp3) is 0.421. The van der Waals surface area contributed by atoms with Gasteiger partial charge in [-0.15, -0.1) is 0 Å². The van der Waals surface area contributed by atoms with Crippen LogP contribution in [0.3, 0.4) is 0 Å². The molecule has 27 heavy (non-hydrogen) atoms. The van der Waals surface area contributed by atoms with Crippen molar-refractivity contribution in [3.8, 4) is 0 Å². The molecule has 0 saturated heterocycles. The number of hydrogen-bond donors (Lipinski definition) is 2. The molecule has 2 aromatic heterocycles. The Morgan fingerprint density at radius 2 is 1.93 bits per heavy atom. The molecule has 3 aromatic rings. The van der Waals surface area contributed by atoms with Gasteiger partial charge in [0.1, 0.15) is 17.9 Å². The SMILES string of the molecule is CC(C)Cn1c(CON(C(N)=O)C(C)C)nc2c(N)nc3ccccc3c21. The molecule has 0 aliphatic carbocycles. The van der Waals surface area contributed by atoms with E-state index in [9.17, 15) is 4.79 Å². The molecule has 8 nitrogen and oxygen atoms in total. The predicted molar refractivity (Wildman–Crippen MR) is 106 cm³/mol. The minimum Gasteiger partial charge on any atom is -0.382 e. The molecule has 0 saturated carbocycles. The summed E-state index contributed by atoms with van der Waals surface area (Å²) >= 11 is 0. The van der Waals surface area contributed by atoms with Gasteiger partial charge in [-0.2, -0.15) is 0 Å². The average Bonchev–Trinajstić information content (AvgIpc) is 2.93. The van der Waals surface area contributed by atoms with Crippen molar-refractivity contribution >= 4 is 33.8 Å². The summed E-state index contributed by atoms with van der Waals surface area (Å²) < 4.78 is 2.10. The van der Waals surface area contributed by atoms with Gasteiger partial charge in [0.2, 0.25) is 0 Å². The Bertz CT molecular complexity index is 979. The normalized spacial score (nSPS) is 11.8. The van der Waals surface area contributed by atoms with E-state index in [1.165, 1.54) is 0 Å². The second-order valence-electron chi connectivity index (χ2n) is 7.28. The third-order valence-electron chi connectivity index (χ3n) is 4.26. The number of hydroxylamine groups is 2. The molecule has 0 unspecified atom stereocenters. The summed E-state index contributed by atoms with van der Waals surface area (Å²) in [5.41, 5.74) is 14.0. The third-order valence-corrected chi connectivity index (χ3v) is 4.26. The minimum atomic E-state index is -0.636. The Labute approximate surface area is 158 Å². The molecule has 0 bridgehead atoms. The van der Waals surface area contributed by atoms with Crippen molar-refractivity contribution < 1.29 is 9.63 Å². The maximum absolute atomic E-state index is 11.6. The van der Waals surface area contributed by atoms with Crippen LogP contribution in [0.25, 0.3) is 21.9 Å². The van der Waals surface area contributed by atoms with Gasteiger partial charge >= 0.3 is 6.03 Å². The highest BCUT2D eigenvalue weighted by molar-refractivity contribution is 6.06. The molecule has 0 fully saturated rings. The lowest BCUT2D eigenvalue weighted by molar-refractivity contribution is -0.147. The first-order valence-corrected chi connectivity index (χ1v) is 9.04. The molecule has 8 heteroatoms. The number of carbonyl (C=O) groups excluding carboxylic acids is 1. The van der Waals surface area contributed by atoms with Gasteiger partial charge in [-0.05, 0) is 25.8 Å². The third kappa shape index (κ3) is 3.66. The number of anilines is 1. The van der Waals surface area contributed by atoms with E-state index >= 15 is 0 Å². The van der Waals surface area contributed by atoms with Crippen molar-refractivity contribution in [2.24, 2.45) is 11.7 Å². The topological polar surface area (TPSA) is 112 Å². The van der Waals surface area contributed by atoms with E-state index in [2.05, 4.69) is 28.4 Å². The van der Waals surface area contributed by atoms with Crippen LogP contribution in [0, 0.1) is 5.92 Å². The molecule has 4 N–H and O–H groups in total. The quantitative estimate of drug-likeness (QED) is 0.648. The summed E-state index contributed by atoms with van der Waals surface area (Å²) in [6, 6.07) is 7.02. The summed E-state index contributed by atoms with van der Waals surface area (Å²) in [5.74, 6) is 1.44. The van der Waals surface area contributed by atoms with Gasteiger partial charge in [0.05, 0.1) is 17.1 Å². The van der Waals surface area contributed by atoms with Crippen molar-refractivity contribution in [2.75, 3.05) is 5.73 Å². The Morgan fingerprint density at radius 3 is 2.56 bits per heavy atom. The first kappa shape index (κ1) is 18.9. The molecule has 0 radical (unpaired) electrons. The van der Waals surface area contributed by atoms with E-state index < -0.39 is 6.03 Å². The largest absolute Gasteiger partial charge is 0.382 e. The molecule has 1 aromatic carbocycles. The van der Waals surface area contributed by atoms with Crippen molar-refractivity contribution in [3.63, 3.8) is 0 Å². The maximum Gasteiger partial charge on any atom is 0.338 e. The van der Waals surface area contributed by atoms with Crippen LogP contribution in [0.15, 0.2) is 24.3 Å². The molecule has 144 valence electrons. The van der Waals surface area contributed by atoms with E-state index in [0.717, 1.165) is 28.0 Å². The van der Waals surface area contributed by atoms with E-state index in [-0.39, 0.29) is 12.6 Å². The molecule has 2 amide bonds. The average molecular weight is 370 g/mol. The van der Waals surface area contributed by atoms with Gasteiger partial charge in [-0.3, -0.25) is 4.84 Å². The number of benzene rings is 1. The van der Waals surface area contributed by atoms with E-state index in [4.69, 9.17) is 16.3 Å². The second kappa shape index (κ2) is 7.40. The fourth-order valence-electron chi connectivity index (χ4n) is 3.17. The first-order valence-electron chi connectivity index (χ1n) is 9.04. The zero-order valence-electron chi connectivity index (χ0n) is 16.1. The fourth-order valence-corrected chi connectivity index (χ4v) is 3.17. The van der Waals surface area contributed by atoms with Gasteiger partial charge < -0.3 is 16.0 Å².